The van der Waals surface area contributed by atoms with Gasteiger partial charge >= 0.3 is 0 Å². The van der Waals surface area contributed by atoms with Crippen molar-refractivity contribution < 1.29 is 4.79 Å². The predicted molar refractivity (Wildman–Crippen MR) is 76.1 cm³/mol. The number of hydrogen-bond donors (Lipinski definition) is 0. The fourth-order valence-corrected chi connectivity index (χ4v) is 2.27. The summed E-state index contributed by atoms with van der Waals surface area (Å²) < 4.78 is 0.628. The number of rotatable bonds is 3. The summed E-state index contributed by atoms with van der Waals surface area (Å²) in [6, 6.07) is 10.4. The van der Waals surface area contributed by atoms with Gasteiger partial charge in [0, 0.05) is 22.4 Å². The Hall–Kier alpha value is -1.70. The van der Waals surface area contributed by atoms with Gasteiger partial charge in [-0.3, -0.25) is 9.78 Å². The summed E-state index contributed by atoms with van der Waals surface area (Å²) in [5, 5.41) is 9.53. The predicted octanol–water partition coefficient (Wildman–Crippen LogP) is 3.99. The van der Waals surface area contributed by atoms with E-state index in [9.17, 15) is 10.1 Å². The Kier molecular flexibility index (Phi) is 4.31. The Balaban J connectivity index is 2.43. The Labute approximate surface area is 124 Å². The lowest BCUT2D eigenvalue weighted by Gasteiger charge is -2.10. The number of Topliss-reactive ketones (excluding diaryl/α,β-unsaturated/α-hetero) is 1. The monoisotopic (exact) mass is 334 g/mol. The first-order chi connectivity index (χ1) is 9.15. The van der Waals surface area contributed by atoms with Gasteiger partial charge in [0.1, 0.15) is 5.92 Å². The number of hydrogen-bond acceptors (Lipinski definition) is 3. The van der Waals surface area contributed by atoms with Crippen LogP contribution in [0.25, 0.3) is 0 Å². The van der Waals surface area contributed by atoms with Gasteiger partial charge in [0.05, 0.1) is 11.1 Å². The van der Waals surface area contributed by atoms with Gasteiger partial charge in [0.15, 0.2) is 5.78 Å². The van der Waals surface area contributed by atoms with E-state index in [0.717, 1.165) is 0 Å². The zero-order valence-corrected chi connectivity index (χ0v) is 12.0. The first-order valence-electron chi connectivity index (χ1n) is 5.43. The minimum atomic E-state index is -0.902. The van der Waals surface area contributed by atoms with Crippen LogP contribution in [0.2, 0.25) is 5.02 Å². The molecule has 0 bridgehead atoms. The van der Waals surface area contributed by atoms with Gasteiger partial charge < -0.3 is 0 Å². The van der Waals surface area contributed by atoms with Crippen LogP contribution in [-0.2, 0) is 0 Å². The van der Waals surface area contributed by atoms with Gasteiger partial charge in [-0.05, 0) is 39.7 Å². The maximum absolute atomic E-state index is 12.4. The second kappa shape index (κ2) is 5.96. The van der Waals surface area contributed by atoms with Crippen LogP contribution in [0.15, 0.2) is 47.2 Å². The summed E-state index contributed by atoms with van der Waals surface area (Å²) in [7, 11) is 0. The molecule has 2 aromatic rings. The first kappa shape index (κ1) is 13.7. The van der Waals surface area contributed by atoms with Crippen molar-refractivity contribution in [2.75, 3.05) is 0 Å². The van der Waals surface area contributed by atoms with Gasteiger partial charge in [-0.1, -0.05) is 23.7 Å². The molecule has 1 heterocycles. The third kappa shape index (κ3) is 2.83. The molecule has 3 nitrogen and oxygen atoms in total. The van der Waals surface area contributed by atoms with Crippen molar-refractivity contribution >= 4 is 33.3 Å². The molecule has 1 atom stereocenters. The molecule has 1 aromatic heterocycles. The average Bonchev–Trinajstić information content (AvgIpc) is 2.44. The van der Waals surface area contributed by atoms with Crippen LogP contribution in [-0.4, -0.2) is 10.8 Å². The lowest BCUT2D eigenvalue weighted by molar-refractivity contribution is 0.0979. The summed E-state index contributed by atoms with van der Waals surface area (Å²) in [5.41, 5.74) is 0.887. The number of nitrogens with zero attached hydrogens (tertiary/aromatic N) is 2. The number of halogens is 2. The van der Waals surface area contributed by atoms with Crippen LogP contribution in [0, 0.1) is 11.3 Å². The van der Waals surface area contributed by atoms with Crippen molar-refractivity contribution in [2.45, 2.75) is 5.92 Å². The molecule has 1 unspecified atom stereocenters. The van der Waals surface area contributed by atoms with Crippen LogP contribution in [0.3, 0.4) is 0 Å². The highest BCUT2D eigenvalue weighted by atomic mass is 79.9. The molecule has 0 aliphatic rings. The molecule has 1 aromatic carbocycles. The zero-order valence-electron chi connectivity index (χ0n) is 9.68. The van der Waals surface area contributed by atoms with Crippen molar-refractivity contribution in [1.29, 1.82) is 5.26 Å². The molecule has 0 N–H and O–H groups in total. The number of ketones is 1. The second-order valence-corrected chi connectivity index (χ2v) is 5.05. The molecule has 2 rings (SSSR count). The third-order valence-corrected chi connectivity index (χ3v) is 3.92. The maximum atomic E-state index is 12.4. The Morgan fingerprint density at radius 3 is 2.79 bits per heavy atom. The molecule has 94 valence electrons. The molecule has 0 aliphatic carbocycles. The van der Waals surface area contributed by atoms with Crippen molar-refractivity contribution in [3.8, 4) is 6.07 Å². The normalized spacial score (nSPS) is 11.6. The number of nitriles is 1. The number of carbonyl (C=O) groups excluding carboxylic acids is 1. The molecule has 19 heavy (non-hydrogen) atoms. The highest BCUT2D eigenvalue weighted by molar-refractivity contribution is 9.10. The Morgan fingerprint density at radius 1 is 1.37 bits per heavy atom. The van der Waals surface area contributed by atoms with Gasteiger partial charge in [0.25, 0.3) is 0 Å². The van der Waals surface area contributed by atoms with Gasteiger partial charge in [-0.25, -0.2) is 0 Å². The molecule has 0 saturated heterocycles. The second-order valence-electron chi connectivity index (χ2n) is 3.81. The first-order valence-corrected chi connectivity index (χ1v) is 6.60. The molecule has 0 aliphatic heterocycles. The molecule has 0 amide bonds. The lowest BCUT2D eigenvalue weighted by Crippen LogP contribution is -2.12. The van der Waals surface area contributed by atoms with E-state index in [1.165, 1.54) is 6.20 Å². The van der Waals surface area contributed by atoms with Crippen LogP contribution >= 0.6 is 27.5 Å². The molecule has 0 spiro atoms. The highest BCUT2D eigenvalue weighted by Crippen LogP contribution is 2.30. The van der Waals surface area contributed by atoms with Crippen molar-refractivity contribution in [2.24, 2.45) is 0 Å². The molecular formula is C14H8BrClN2O. The van der Waals surface area contributed by atoms with E-state index >= 15 is 0 Å². The lowest BCUT2D eigenvalue weighted by atomic mass is 9.93. The number of pyridine rings is 1. The van der Waals surface area contributed by atoms with Crippen molar-refractivity contribution in [3.05, 3.63) is 63.3 Å². The smallest absolute Gasteiger partial charge is 0.186 e. The van der Waals surface area contributed by atoms with Gasteiger partial charge in [0.2, 0.25) is 0 Å². The summed E-state index contributed by atoms with van der Waals surface area (Å²) in [6.07, 6.45) is 3.10. The fraction of sp³-hybridized carbons (Fsp3) is 0.0714. The van der Waals surface area contributed by atoms with Crippen molar-refractivity contribution in [3.63, 3.8) is 0 Å². The Morgan fingerprint density at radius 2 is 2.16 bits per heavy atom. The topological polar surface area (TPSA) is 53.8 Å². The fourth-order valence-electron chi connectivity index (χ4n) is 1.68. The molecule has 0 saturated carbocycles. The Bertz CT molecular complexity index is 652. The molecule has 0 fully saturated rings. The maximum Gasteiger partial charge on any atom is 0.186 e. The van der Waals surface area contributed by atoms with Crippen LogP contribution in [0.4, 0.5) is 0 Å². The van der Waals surface area contributed by atoms with Gasteiger partial charge in [-0.2, -0.15) is 5.26 Å². The summed E-state index contributed by atoms with van der Waals surface area (Å²) in [4.78, 5) is 16.3. The molecule has 0 radical (unpaired) electrons. The van der Waals surface area contributed by atoms with E-state index in [1.54, 1.807) is 36.5 Å². The minimum Gasteiger partial charge on any atom is -0.292 e. The van der Waals surface area contributed by atoms with Crippen LogP contribution in [0.1, 0.15) is 21.8 Å². The zero-order chi connectivity index (χ0) is 13.8. The minimum absolute atomic E-state index is 0.316. The summed E-state index contributed by atoms with van der Waals surface area (Å²) >= 11 is 9.35. The number of carbonyl (C=O) groups is 1. The van der Waals surface area contributed by atoms with Crippen molar-refractivity contribution in [1.82, 2.24) is 4.98 Å². The van der Waals surface area contributed by atoms with E-state index in [1.807, 2.05) is 6.07 Å². The number of aromatic nitrogens is 1. The SMILES string of the molecule is N#CC(C(=O)c1cccc(Br)c1Cl)c1cccnc1. The van der Waals surface area contributed by atoms with Crippen LogP contribution in [0.5, 0.6) is 0 Å². The van der Waals surface area contributed by atoms with E-state index in [0.29, 0.717) is 20.6 Å². The third-order valence-electron chi connectivity index (χ3n) is 2.63. The summed E-state index contributed by atoms with van der Waals surface area (Å²) in [5.74, 6) is -1.23. The highest BCUT2D eigenvalue weighted by Gasteiger charge is 2.24. The van der Waals surface area contributed by atoms with E-state index in [2.05, 4.69) is 20.9 Å². The quantitative estimate of drug-likeness (QED) is 0.797. The van der Waals surface area contributed by atoms with Crippen LogP contribution < -0.4 is 0 Å². The van der Waals surface area contributed by atoms with E-state index < -0.39 is 5.92 Å². The standard InChI is InChI=1S/C14H8BrClN2O/c15-12-5-1-4-10(13(12)16)14(19)11(7-17)9-3-2-6-18-8-9/h1-6,8,11H. The average molecular weight is 336 g/mol. The molecular weight excluding hydrogens is 328 g/mol. The van der Waals surface area contributed by atoms with E-state index in [4.69, 9.17) is 11.6 Å². The van der Waals surface area contributed by atoms with Gasteiger partial charge in [-0.15, -0.1) is 0 Å². The van der Waals surface area contributed by atoms with E-state index in [-0.39, 0.29) is 5.78 Å². The largest absolute Gasteiger partial charge is 0.292 e. The summed E-state index contributed by atoms with van der Waals surface area (Å²) in [6.45, 7) is 0. The number of benzene rings is 1. The molecule has 5 heteroatoms.